The Kier molecular flexibility index (Phi) is 3.84. The van der Waals surface area contributed by atoms with Crippen LogP contribution in [0.15, 0.2) is 60.7 Å². The van der Waals surface area contributed by atoms with Gasteiger partial charge in [-0.15, -0.1) is 0 Å². The van der Waals surface area contributed by atoms with Crippen molar-refractivity contribution in [2.45, 2.75) is 12.3 Å². The number of aromatic amines is 1. The van der Waals surface area contributed by atoms with E-state index in [1.807, 2.05) is 60.7 Å². The third-order valence-electron chi connectivity index (χ3n) is 4.78. The van der Waals surface area contributed by atoms with E-state index in [1.54, 1.807) is 0 Å². The molecule has 0 atom stereocenters. The summed E-state index contributed by atoms with van der Waals surface area (Å²) in [6, 6.07) is 20.1. The average molecular weight is 358 g/mol. The number of carbonyl (C=O) groups is 1. The van der Waals surface area contributed by atoms with Gasteiger partial charge in [0.2, 0.25) is 5.82 Å². The van der Waals surface area contributed by atoms with E-state index in [2.05, 4.69) is 26.9 Å². The van der Waals surface area contributed by atoms with Gasteiger partial charge in [-0.3, -0.25) is 4.79 Å². The molecule has 0 spiro atoms. The predicted octanol–water partition coefficient (Wildman–Crippen LogP) is 2.39. The number of H-pyrrole nitrogens is 1. The molecule has 0 radical (unpaired) electrons. The molecule has 0 aliphatic carbocycles. The van der Waals surface area contributed by atoms with Crippen molar-refractivity contribution in [2.75, 3.05) is 5.73 Å². The summed E-state index contributed by atoms with van der Waals surface area (Å²) in [5, 5.41) is 0. The van der Waals surface area contributed by atoms with Crippen molar-refractivity contribution in [2.24, 2.45) is 5.73 Å². The number of aromatic nitrogens is 4. The van der Waals surface area contributed by atoms with E-state index in [0.29, 0.717) is 17.0 Å². The van der Waals surface area contributed by atoms with E-state index >= 15 is 0 Å². The molecule has 1 amide bonds. The molecule has 4 aromatic rings. The second kappa shape index (κ2) is 6.21. The first-order valence-corrected chi connectivity index (χ1v) is 8.44. The number of imidazole rings is 1. The van der Waals surface area contributed by atoms with Gasteiger partial charge in [0.1, 0.15) is 11.3 Å². The Labute approximate surface area is 155 Å². The van der Waals surface area contributed by atoms with Gasteiger partial charge in [0, 0.05) is 0 Å². The Morgan fingerprint density at radius 3 is 2.00 bits per heavy atom. The van der Waals surface area contributed by atoms with Gasteiger partial charge >= 0.3 is 0 Å². The second-order valence-electron chi connectivity index (χ2n) is 6.44. The first-order chi connectivity index (χ1) is 13.0. The van der Waals surface area contributed by atoms with Crippen molar-refractivity contribution < 1.29 is 4.79 Å². The minimum absolute atomic E-state index is 0.135. The Bertz CT molecular complexity index is 1080. The number of hydrogen-bond donors (Lipinski definition) is 3. The summed E-state index contributed by atoms with van der Waals surface area (Å²) in [5.41, 5.74) is 13.6. The van der Waals surface area contributed by atoms with Gasteiger partial charge in [-0.05, 0) is 18.1 Å². The summed E-state index contributed by atoms with van der Waals surface area (Å²) in [5.74, 6) is -0.116. The van der Waals surface area contributed by atoms with E-state index in [0.717, 1.165) is 11.1 Å². The van der Waals surface area contributed by atoms with Crippen LogP contribution in [-0.4, -0.2) is 25.8 Å². The molecule has 7 nitrogen and oxygen atoms in total. The van der Waals surface area contributed by atoms with Crippen molar-refractivity contribution in [3.63, 3.8) is 0 Å². The number of nitrogens with two attached hydrogens (primary N) is 2. The summed E-state index contributed by atoms with van der Waals surface area (Å²) in [4.78, 5) is 27.5. The smallest absolute Gasteiger partial charge is 0.286 e. The van der Waals surface area contributed by atoms with Crippen LogP contribution in [0.2, 0.25) is 0 Å². The quantitative estimate of drug-likeness (QED) is 0.517. The largest absolute Gasteiger partial charge is 0.382 e. The minimum atomic E-state index is -0.748. The van der Waals surface area contributed by atoms with Gasteiger partial charge in [0.25, 0.3) is 5.91 Å². The fourth-order valence-electron chi connectivity index (χ4n) is 3.25. The van der Waals surface area contributed by atoms with Crippen LogP contribution in [0.5, 0.6) is 0 Å². The van der Waals surface area contributed by atoms with Crippen LogP contribution in [0.25, 0.3) is 11.2 Å². The number of rotatable bonds is 4. The van der Waals surface area contributed by atoms with Crippen molar-refractivity contribution in [3.8, 4) is 0 Å². The summed E-state index contributed by atoms with van der Waals surface area (Å²) < 4.78 is 0. The molecule has 134 valence electrons. The van der Waals surface area contributed by atoms with Crippen LogP contribution in [-0.2, 0) is 5.41 Å². The first kappa shape index (κ1) is 16.7. The lowest BCUT2D eigenvalue weighted by molar-refractivity contribution is 0.0991. The highest BCUT2D eigenvalue weighted by Gasteiger charge is 2.34. The zero-order valence-electron chi connectivity index (χ0n) is 14.7. The number of primary amides is 1. The maximum Gasteiger partial charge on any atom is 0.286 e. The SMILES string of the molecule is CC(c1ccccc1)(c1ccccc1)c1nc2nc(C(N)=O)nc(N)c2[nH]1. The monoisotopic (exact) mass is 358 g/mol. The van der Waals surface area contributed by atoms with Gasteiger partial charge in [0.05, 0.1) is 5.41 Å². The molecule has 0 unspecified atom stereocenters. The first-order valence-electron chi connectivity index (χ1n) is 8.44. The molecule has 0 aliphatic heterocycles. The van der Waals surface area contributed by atoms with Crippen LogP contribution in [0, 0.1) is 0 Å². The van der Waals surface area contributed by atoms with Crippen molar-refractivity contribution in [1.29, 1.82) is 0 Å². The maximum absolute atomic E-state index is 11.4. The fourth-order valence-corrected chi connectivity index (χ4v) is 3.25. The van der Waals surface area contributed by atoms with Crippen LogP contribution in [0.4, 0.5) is 5.82 Å². The van der Waals surface area contributed by atoms with Crippen molar-refractivity contribution in [3.05, 3.63) is 83.4 Å². The summed E-state index contributed by atoms with van der Waals surface area (Å²) >= 11 is 0. The summed E-state index contributed by atoms with van der Waals surface area (Å²) in [6.07, 6.45) is 0. The molecule has 7 heteroatoms. The summed E-state index contributed by atoms with van der Waals surface area (Å²) in [7, 11) is 0. The van der Waals surface area contributed by atoms with Gasteiger partial charge in [-0.1, -0.05) is 60.7 Å². The van der Waals surface area contributed by atoms with Gasteiger partial charge < -0.3 is 16.5 Å². The van der Waals surface area contributed by atoms with Gasteiger partial charge in [-0.25, -0.2) is 15.0 Å². The normalized spacial score (nSPS) is 11.6. The predicted molar refractivity (Wildman–Crippen MR) is 103 cm³/mol. The molecular formula is C20H18N6O. The number of fused-ring (bicyclic) bond motifs is 1. The number of benzene rings is 2. The standard InChI is InChI=1S/C20H18N6O/c1-20(12-8-4-2-5-9-12,13-10-6-3-7-11-13)19-23-14-15(21)24-18(16(22)27)25-17(14)26-19/h2-11H,1H3,(H2,22,27)(H3,21,23,24,25,26). The Morgan fingerprint density at radius 1 is 0.926 bits per heavy atom. The molecule has 0 aliphatic rings. The number of anilines is 1. The molecule has 2 aromatic carbocycles. The third kappa shape index (κ3) is 2.69. The molecule has 0 fully saturated rings. The third-order valence-corrected chi connectivity index (χ3v) is 4.78. The summed E-state index contributed by atoms with van der Waals surface area (Å²) in [6.45, 7) is 2.08. The lowest BCUT2D eigenvalue weighted by atomic mass is 9.75. The molecule has 27 heavy (non-hydrogen) atoms. The van der Waals surface area contributed by atoms with Crippen LogP contribution in [0.3, 0.4) is 0 Å². The van der Waals surface area contributed by atoms with Crippen LogP contribution >= 0.6 is 0 Å². The van der Waals surface area contributed by atoms with Crippen LogP contribution < -0.4 is 11.5 Å². The van der Waals surface area contributed by atoms with Crippen molar-refractivity contribution in [1.82, 2.24) is 19.9 Å². The number of nitrogens with one attached hydrogen (secondary N) is 1. The maximum atomic E-state index is 11.4. The minimum Gasteiger partial charge on any atom is -0.382 e. The zero-order valence-corrected chi connectivity index (χ0v) is 14.7. The molecule has 2 heterocycles. The molecule has 0 bridgehead atoms. The highest BCUT2D eigenvalue weighted by Crippen LogP contribution is 2.38. The lowest BCUT2D eigenvalue weighted by Crippen LogP contribution is -2.26. The highest BCUT2D eigenvalue weighted by atomic mass is 16.1. The molecule has 5 N–H and O–H groups in total. The van der Waals surface area contributed by atoms with E-state index < -0.39 is 11.3 Å². The van der Waals surface area contributed by atoms with Gasteiger partial charge in [0.15, 0.2) is 11.5 Å². The van der Waals surface area contributed by atoms with E-state index in [1.165, 1.54) is 0 Å². The number of amides is 1. The average Bonchev–Trinajstić information content (AvgIpc) is 3.14. The zero-order chi connectivity index (χ0) is 19.0. The highest BCUT2D eigenvalue weighted by molar-refractivity contribution is 5.93. The number of nitrogens with zero attached hydrogens (tertiary/aromatic N) is 3. The number of carbonyl (C=O) groups excluding carboxylic acids is 1. The Balaban J connectivity index is 1.99. The topological polar surface area (TPSA) is 124 Å². The molecular weight excluding hydrogens is 340 g/mol. The second-order valence-corrected chi connectivity index (χ2v) is 6.44. The van der Waals surface area contributed by atoms with Crippen molar-refractivity contribution >= 4 is 22.9 Å². The van der Waals surface area contributed by atoms with Crippen LogP contribution in [0.1, 0.15) is 34.5 Å². The molecule has 0 saturated carbocycles. The molecule has 4 rings (SSSR count). The molecule has 2 aromatic heterocycles. The fraction of sp³-hybridized carbons (Fsp3) is 0.100. The van der Waals surface area contributed by atoms with Gasteiger partial charge in [-0.2, -0.15) is 0 Å². The Hall–Kier alpha value is -3.74. The van der Waals surface area contributed by atoms with E-state index in [-0.39, 0.29) is 11.6 Å². The Morgan fingerprint density at radius 2 is 1.48 bits per heavy atom. The number of hydrogen-bond acceptors (Lipinski definition) is 5. The number of nitrogen functional groups attached to an aromatic ring is 1. The lowest BCUT2D eigenvalue weighted by Gasteiger charge is -2.28. The van der Waals surface area contributed by atoms with E-state index in [4.69, 9.17) is 11.5 Å². The molecule has 0 saturated heterocycles. The van der Waals surface area contributed by atoms with E-state index in [9.17, 15) is 4.79 Å².